The normalized spacial score (nSPS) is 11.1. The molecule has 1 heterocycles. The van der Waals surface area contributed by atoms with Crippen LogP contribution in [0.25, 0.3) is 10.1 Å². The first-order valence-corrected chi connectivity index (χ1v) is 5.07. The second-order valence-corrected chi connectivity index (χ2v) is 4.56. The lowest BCUT2D eigenvalue weighted by molar-refractivity contribution is 0.621. The Balaban J connectivity index is 2.94. The van der Waals surface area contributed by atoms with Crippen molar-refractivity contribution in [2.45, 2.75) is 20.8 Å². The fourth-order valence-corrected chi connectivity index (χ4v) is 2.66. The molecule has 0 unspecified atom stereocenters. The Morgan fingerprint density at radius 2 is 1.77 bits per heavy atom. The van der Waals surface area contributed by atoms with Crippen LogP contribution in [0.1, 0.15) is 16.0 Å². The summed E-state index contributed by atoms with van der Waals surface area (Å²) in [4.78, 5) is 1.28. The van der Waals surface area contributed by atoms with Crippen LogP contribution >= 0.6 is 11.3 Å². The quantitative estimate of drug-likeness (QED) is 0.595. The van der Waals surface area contributed by atoms with Crippen LogP contribution in [0.4, 0.5) is 4.39 Å². The number of hydrogen-bond acceptors (Lipinski definition) is 1. The highest BCUT2D eigenvalue weighted by atomic mass is 32.1. The standard InChI is InChI=1S/C11H11FS/c1-6-8(3)13-11-7(2)10(12)5-4-9(6)11/h4-5H,1-3H3. The van der Waals surface area contributed by atoms with E-state index in [-0.39, 0.29) is 5.82 Å². The van der Waals surface area contributed by atoms with Crippen molar-refractivity contribution in [2.75, 3.05) is 0 Å². The van der Waals surface area contributed by atoms with Gasteiger partial charge in [0.15, 0.2) is 0 Å². The van der Waals surface area contributed by atoms with Crippen molar-refractivity contribution < 1.29 is 4.39 Å². The molecule has 2 heteroatoms. The summed E-state index contributed by atoms with van der Waals surface area (Å²) in [6.07, 6.45) is 0. The number of aryl methyl sites for hydroxylation is 3. The van der Waals surface area contributed by atoms with Gasteiger partial charge in [-0.2, -0.15) is 0 Å². The Kier molecular flexibility index (Phi) is 1.88. The molecule has 68 valence electrons. The third-order valence-corrected chi connectivity index (χ3v) is 3.87. The van der Waals surface area contributed by atoms with E-state index in [4.69, 9.17) is 0 Å². The molecule has 0 fully saturated rings. The molecule has 13 heavy (non-hydrogen) atoms. The van der Waals surface area contributed by atoms with Gasteiger partial charge in [-0.1, -0.05) is 6.07 Å². The summed E-state index contributed by atoms with van der Waals surface area (Å²) in [6.45, 7) is 6.01. The summed E-state index contributed by atoms with van der Waals surface area (Å²) in [5.74, 6) is -0.103. The van der Waals surface area contributed by atoms with Gasteiger partial charge in [0.25, 0.3) is 0 Å². The molecule has 2 aromatic rings. The summed E-state index contributed by atoms with van der Waals surface area (Å²) in [5.41, 5.74) is 2.06. The van der Waals surface area contributed by atoms with E-state index in [1.807, 2.05) is 13.0 Å². The third kappa shape index (κ3) is 1.17. The lowest BCUT2D eigenvalue weighted by Gasteiger charge is -1.97. The molecule has 1 aromatic carbocycles. The number of thiophene rings is 1. The fourth-order valence-electron chi connectivity index (χ4n) is 1.51. The highest BCUT2D eigenvalue weighted by Crippen LogP contribution is 2.33. The van der Waals surface area contributed by atoms with Gasteiger partial charge >= 0.3 is 0 Å². The Labute approximate surface area is 81.0 Å². The fraction of sp³-hybridized carbons (Fsp3) is 0.273. The average molecular weight is 194 g/mol. The minimum absolute atomic E-state index is 0.103. The number of halogens is 1. The van der Waals surface area contributed by atoms with Gasteiger partial charge in [0.05, 0.1) is 0 Å². The van der Waals surface area contributed by atoms with Crippen molar-refractivity contribution in [2.24, 2.45) is 0 Å². The molecule has 0 amide bonds. The van der Waals surface area contributed by atoms with Crippen molar-refractivity contribution in [1.82, 2.24) is 0 Å². The largest absolute Gasteiger partial charge is 0.207 e. The van der Waals surface area contributed by atoms with Crippen LogP contribution in [0.3, 0.4) is 0 Å². The maximum atomic E-state index is 13.2. The lowest BCUT2D eigenvalue weighted by Crippen LogP contribution is -1.80. The maximum absolute atomic E-state index is 13.2. The van der Waals surface area contributed by atoms with E-state index < -0.39 is 0 Å². The van der Waals surface area contributed by atoms with E-state index >= 15 is 0 Å². The van der Waals surface area contributed by atoms with Crippen LogP contribution in [0.5, 0.6) is 0 Å². The minimum atomic E-state index is -0.103. The molecule has 0 saturated carbocycles. The molecule has 0 saturated heterocycles. The van der Waals surface area contributed by atoms with Crippen LogP contribution < -0.4 is 0 Å². The third-order valence-electron chi connectivity index (χ3n) is 2.53. The van der Waals surface area contributed by atoms with Gasteiger partial charge in [-0.05, 0) is 37.8 Å². The zero-order valence-corrected chi connectivity index (χ0v) is 8.76. The average Bonchev–Trinajstić information content (AvgIpc) is 2.38. The monoisotopic (exact) mass is 194 g/mol. The predicted octanol–water partition coefficient (Wildman–Crippen LogP) is 3.97. The van der Waals surface area contributed by atoms with Gasteiger partial charge in [0.1, 0.15) is 5.82 Å². The smallest absolute Gasteiger partial charge is 0.127 e. The summed E-state index contributed by atoms with van der Waals surface area (Å²) in [7, 11) is 0. The molecule has 0 aliphatic carbocycles. The van der Waals surface area contributed by atoms with Gasteiger partial charge in [0, 0.05) is 15.1 Å². The molecule has 0 N–H and O–H groups in total. The molecular formula is C11H11FS. The summed E-state index contributed by atoms with van der Waals surface area (Å²) in [6, 6.07) is 3.42. The first-order chi connectivity index (χ1) is 6.11. The molecule has 0 bridgehead atoms. The van der Waals surface area contributed by atoms with E-state index in [1.165, 1.54) is 15.8 Å². The highest BCUT2D eigenvalue weighted by molar-refractivity contribution is 7.19. The van der Waals surface area contributed by atoms with E-state index in [2.05, 4.69) is 13.8 Å². The van der Waals surface area contributed by atoms with Crippen molar-refractivity contribution in [1.29, 1.82) is 0 Å². The zero-order chi connectivity index (χ0) is 9.59. The van der Waals surface area contributed by atoms with Crippen molar-refractivity contribution in [3.63, 3.8) is 0 Å². The molecule has 0 spiro atoms. The van der Waals surface area contributed by atoms with Crippen LogP contribution in [0.15, 0.2) is 12.1 Å². The molecule has 0 nitrogen and oxygen atoms in total. The van der Waals surface area contributed by atoms with Crippen molar-refractivity contribution >= 4 is 21.4 Å². The first kappa shape index (κ1) is 8.70. The summed E-state index contributed by atoms with van der Waals surface area (Å²) < 4.78 is 14.3. The first-order valence-electron chi connectivity index (χ1n) is 4.26. The van der Waals surface area contributed by atoms with E-state index in [0.717, 1.165) is 10.3 Å². The number of rotatable bonds is 0. The van der Waals surface area contributed by atoms with Gasteiger partial charge in [-0.15, -0.1) is 11.3 Å². The summed E-state index contributed by atoms with van der Waals surface area (Å²) in [5, 5.41) is 1.20. The van der Waals surface area contributed by atoms with Crippen LogP contribution in [0.2, 0.25) is 0 Å². The molecular weight excluding hydrogens is 183 g/mol. The number of fused-ring (bicyclic) bond motifs is 1. The Morgan fingerprint density at radius 3 is 2.46 bits per heavy atom. The zero-order valence-electron chi connectivity index (χ0n) is 7.94. The SMILES string of the molecule is Cc1sc2c(C)c(F)ccc2c1C. The Bertz CT molecular complexity index is 468. The Hall–Kier alpha value is -0.890. The van der Waals surface area contributed by atoms with Crippen LogP contribution in [0, 0.1) is 26.6 Å². The maximum Gasteiger partial charge on any atom is 0.127 e. The van der Waals surface area contributed by atoms with E-state index in [0.29, 0.717) is 0 Å². The van der Waals surface area contributed by atoms with Crippen LogP contribution in [-0.4, -0.2) is 0 Å². The second-order valence-electron chi connectivity index (χ2n) is 3.33. The topological polar surface area (TPSA) is 0 Å². The van der Waals surface area contributed by atoms with Gasteiger partial charge < -0.3 is 0 Å². The second kappa shape index (κ2) is 2.81. The molecule has 0 aliphatic heterocycles. The van der Waals surface area contributed by atoms with Crippen molar-refractivity contribution in [3.05, 3.63) is 34.0 Å². The molecule has 0 aliphatic rings. The molecule has 1 aromatic heterocycles. The van der Waals surface area contributed by atoms with Crippen LogP contribution in [-0.2, 0) is 0 Å². The van der Waals surface area contributed by atoms with E-state index in [9.17, 15) is 4.39 Å². The van der Waals surface area contributed by atoms with Gasteiger partial charge in [0.2, 0.25) is 0 Å². The highest BCUT2D eigenvalue weighted by Gasteiger charge is 2.09. The minimum Gasteiger partial charge on any atom is -0.207 e. The number of benzene rings is 1. The van der Waals surface area contributed by atoms with Gasteiger partial charge in [-0.3, -0.25) is 0 Å². The molecule has 0 atom stereocenters. The van der Waals surface area contributed by atoms with E-state index in [1.54, 1.807) is 17.4 Å². The predicted molar refractivity (Wildman–Crippen MR) is 56.0 cm³/mol. The number of hydrogen-bond donors (Lipinski definition) is 0. The summed E-state index contributed by atoms with van der Waals surface area (Å²) >= 11 is 1.68. The van der Waals surface area contributed by atoms with Gasteiger partial charge in [-0.25, -0.2) is 4.39 Å². The Morgan fingerprint density at radius 1 is 1.08 bits per heavy atom. The molecule has 2 rings (SSSR count). The molecule has 0 radical (unpaired) electrons. The van der Waals surface area contributed by atoms with Crippen molar-refractivity contribution in [3.8, 4) is 0 Å². The lowest BCUT2D eigenvalue weighted by atomic mass is 10.1.